The van der Waals surface area contributed by atoms with Crippen LogP contribution in [-0.2, 0) is 14.4 Å². The van der Waals surface area contributed by atoms with Gasteiger partial charge in [-0.3, -0.25) is 19.7 Å². The minimum absolute atomic E-state index is 0.244. The van der Waals surface area contributed by atoms with E-state index in [1.165, 1.54) is 0 Å². The molecule has 0 spiro atoms. The maximum Gasteiger partial charge on any atom is 0.251 e. The summed E-state index contributed by atoms with van der Waals surface area (Å²) in [4.78, 5) is 33.9. The maximum absolute atomic E-state index is 11.6. The number of nitrogens with one attached hydrogen (secondary N) is 2. The lowest BCUT2D eigenvalue weighted by molar-refractivity contribution is -0.136. The van der Waals surface area contributed by atoms with E-state index < -0.39 is 11.9 Å². The van der Waals surface area contributed by atoms with Crippen molar-refractivity contribution in [1.82, 2.24) is 10.6 Å². The predicted molar refractivity (Wildman–Crippen MR) is 62.9 cm³/mol. The lowest BCUT2D eigenvalue weighted by atomic mass is 10.1. The lowest BCUT2D eigenvalue weighted by Gasteiger charge is -2.21. The van der Waals surface area contributed by atoms with Crippen LogP contribution in [0, 0.1) is 0 Å². The van der Waals surface area contributed by atoms with Gasteiger partial charge in [-0.1, -0.05) is 25.7 Å². The summed E-state index contributed by atoms with van der Waals surface area (Å²) in [5, 5.41) is 4.72. The van der Waals surface area contributed by atoms with Crippen molar-refractivity contribution in [3.05, 3.63) is 24.3 Å². The third-order valence-corrected chi connectivity index (χ3v) is 2.39. The Morgan fingerprint density at radius 2 is 2.29 bits per heavy atom. The summed E-state index contributed by atoms with van der Waals surface area (Å²) in [6.07, 6.45) is 4.81. The first-order chi connectivity index (χ1) is 8.04. The monoisotopic (exact) mass is 236 g/mol. The largest absolute Gasteiger partial charge is 0.340 e. The Bertz CT molecular complexity index is 385. The van der Waals surface area contributed by atoms with Gasteiger partial charge in [-0.15, -0.1) is 0 Å². The summed E-state index contributed by atoms with van der Waals surface area (Å²) in [6.45, 7) is 5.55. The number of allylic oxidation sites excluding steroid dienone is 1. The fourth-order valence-electron chi connectivity index (χ4n) is 1.42. The quantitative estimate of drug-likeness (QED) is 0.422. The molecule has 92 valence electrons. The number of hydrogen-bond acceptors (Lipinski definition) is 3. The Hall–Kier alpha value is -1.91. The van der Waals surface area contributed by atoms with Crippen molar-refractivity contribution in [3.63, 3.8) is 0 Å². The molecular weight excluding hydrogens is 220 g/mol. The van der Waals surface area contributed by atoms with Gasteiger partial charge in [0, 0.05) is 12.0 Å². The summed E-state index contributed by atoms with van der Waals surface area (Å²) in [6, 6.07) is -0.646. The average molecular weight is 236 g/mol. The van der Waals surface area contributed by atoms with Crippen LogP contribution in [-0.4, -0.2) is 23.8 Å². The zero-order valence-corrected chi connectivity index (χ0v) is 9.79. The van der Waals surface area contributed by atoms with Gasteiger partial charge in [-0.2, -0.15) is 0 Å². The number of imide groups is 1. The second kappa shape index (κ2) is 5.98. The van der Waals surface area contributed by atoms with Gasteiger partial charge >= 0.3 is 0 Å². The molecule has 1 rings (SSSR count). The number of carbonyl (C=O) groups excluding carboxylic acids is 3. The van der Waals surface area contributed by atoms with Gasteiger partial charge in [0.2, 0.25) is 11.8 Å². The van der Waals surface area contributed by atoms with Crippen molar-refractivity contribution in [2.24, 2.45) is 0 Å². The highest BCUT2D eigenvalue weighted by atomic mass is 16.2. The van der Waals surface area contributed by atoms with E-state index in [0.29, 0.717) is 12.0 Å². The molecule has 1 saturated heterocycles. The first-order valence-corrected chi connectivity index (χ1v) is 5.54. The Kier molecular flexibility index (Phi) is 4.63. The van der Waals surface area contributed by atoms with E-state index in [4.69, 9.17) is 0 Å². The zero-order chi connectivity index (χ0) is 12.8. The normalized spacial score (nSPS) is 20.2. The first-order valence-electron chi connectivity index (χ1n) is 5.54. The molecular formula is C12H16N2O3. The van der Waals surface area contributed by atoms with Gasteiger partial charge in [0.1, 0.15) is 6.04 Å². The van der Waals surface area contributed by atoms with Crippen LogP contribution < -0.4 is 10.6 Å². The number of piperidine rings is 1. The molecule has 17 heavy (non-hydrogen) atoms. The van der Waals surface area contributed by atoms with Gasteiger partial charge in [0.25, 0.3) is 5.91 Å². The van der Waals surface area contributed by atoms with E-state index in [2.05, 4.69) is 17.2 Å². The summed E-state index contributed by atoms with van der Waals surface area (Å²) < 4.78 is 0. The standard InChI is InChI=1S/C12H16N2O3/c1-3-4-5-8(2)11(16)13-9-6-7-10(15)14-12(9)17/h4-5,9H,2-3,6-7H2,1H3,(H,13,16)(H,14,15,17)/b5-4-. The van der Waals surface area contributed by atoms with Crippen LogP contribution >= 0.6 is 0 Å². The zero-order valence-electron chi connectivity index (χ0n) is 9.79. The molecule has 0 aromatic rings. The molecule has 0 bridgehead atoms. The molecule has 0 aliphatic carbocycles. The van der Waals surface area contributed by atoms with E-state index in [1.807, 2.05) is 13.0 Å². The minimum atomic E-state index is -0.646. The highest BCUT2D eigenvalue weighted by molar-refractivity contribution is 6.04. The molecule has 0 aromatic carbocycles. The van der Waals surface area contributed by atoms with Crippen LogP contribution in [0.1, 0.15) is 26.2 Å². The van der Waals surface area contributed by atoms with Crippen LogP contribution in [0.4, 0.5) is 0 Å². The molecule has 5 nitrogen and oxygen atoms in total. The van der Waals surface area contributed by atoms with E-state index in [0.717, 1.165) is 6.42 Å². The Morgan fingerprint density at radius 1 is 1.59 bits per heavy atom. The van der Waals surface area contributed by atoms with Gasteiger partial charge in [0.15, 0.2) is 0 Å². The Balaban J connectivity index is 2.51. The van der Waals surface area contributed by atoms with E-state index in [1.54, 1.807) is 6.08 Å². The highest BCUT2D eigenvalue weighted by Gasteiger charge is 2.27. The van der Waals surface area contributed by atoms with Gasteiger partial charge in [-0.25, -0.2) is 0 Å². The fourth-order valence-corrected chi connectivity index (χ4v) is 1.42. The molecule has 3 amide bonds. The molecule has 1 heterocycles. The molecule has 1 aliphatic rings. The van der Waals surface area contributed by atoms with Crippen molar-refractivity contribution < 1.29 is 14.4 Å². The van der Waals surface area contributed by atoms with Crippen LogP contribution in [0.3, 0.4) is 0 Å². The van der Waals surface area contributed by atoms with Gasteiger partial charge < -0.3 is 5.32 Å². The third-order valence-electron chi connectivity index (χ3n) is 2.39. The first kappa shape index (κ1) is 13.2. The Morgan fingerprint density at radius 3 is 2.88 bits per heavy atom. The molecule has 0 radical (unpaired) electrons. The molecule has 0 saturated carbocycles. The maximum atomic E-state index is 11.6. The Labute approximate surface area is 100.0 Å². The second-order valence-corrected chi connectivity index (χ2v) is 3.81. The molecule has 1 fully saturated rings. The van der Waals surface area contributed by atoms with Crippen molar-refractivity contribution in [2.45, 2.75) is 32.2 Å². The van der Waals surface area contributed by atoms with E-state index in [9.17, 15) is 14.4 Å². The third kappa shape index (κ3) is 3.86. The number of hydrogen-bond donors (Lipinski definition) is 2. The number of rotatable bonds is 4. The molecule has 5 heteroatoms. The van der Waals surface area contributed by atoms with Crippen molar-refractivity contribution in [1.29, 1.82) is 0 Å². The van der Waals surface area contributed by atoms with Crippen molar-refractivity contribution in [3.8, 4) is 0 Å². The predicted octanol–water partition coefficient (Wildman–Crippen LogP) is 0.430. The molecule has 0 aromatic heterocycles. The van der Waals surface area contributed by atoms with Crippen LogP contribution in [0.15, 0.2) is 24.3 Å². The van der Waals surface area contributed by atoms with Gasteiger partial charge in [-0.05, 0) is 12.8 Å². The molecule has 2 N–H and O–H groups in total. The minimum Gasteiger partial charge on any atom is -0.340 e. The molecule has 1 aliphatic heterocycles. The average Bonchev–Trinajstić information content (AvgIpc) is 2.29. The smallest absolute Gasteiger partial charge is 0.251 e. The summed E-state index contributed by atoms with van der Waals surface area (Å²) in [7, 11) is 0. The van der Waals surface area contributed by atoms with Crippen LogP contribution in [0.5, 0.6) is 0 Å². The second-order valence-electron chi connectivity index (χ2n) is 3.81. The number of amides is 3. The molecule has 1 atom stereocenters. The van der Waals surface area contributed by atoms with Crippen LogP contribution in [0.25, 0.3) is 0 Å². The van der Waals surface area contributed by atoms with Crippen molar-refractivity contribution in [2.75, 3.05) is 0 Å². The summed E-state index contributed by atoms with van der Waals surface area (Å²) >= 11 is 0. The lowest BCUT2D eigenvalue weighted by Crippen LogP contribution is -2.52. The van der Waals surface area contributed by atoms with E-state index >= 15 is 0 Å². The summed E-state index contributed by atoms with van der Waals surface area (Å²) in [5.74, 6) is -1.14. The highest BCUT2D eigenvalue weighted by Crippen LogP contribution is 2.05. The fraction of sp³-hybridized carbons (Fsp3) is 0.417. The van der Waals surface area contributed by atoms with Gasteiger partial charge in [0.05, 0.1) is 0 Å². The number of carbonyl (C=O) groups is 3. The van der Waals surface area contributed by atoms with E-state index in [-0.39, 0.29) is 18.2 Å². The summed E-state index contributed by atoms with van der Waals surface area (Å²) in [5.41, 5.74) is 0.302. The van der Waals surface area contributed by atoms with Crippen LogP contribution in [0.2, 0.25) is 0 Å². The topological polar surface area (TPSA) is 75.3 Å². The molecule has 1 unspecified atom stereocenters. The SMILES string of the molecule is C=C(/C=C\CC)C(=O)NC1CCC(=O)NC1=O. The van der Waals surface area contributed by atoms with Crippen molar-refractivity contribution >= 4 is 17.7 Å².